The molecule has 0 heterocycles. The lowest BCUT2D eigenvalue weighted by Gasteiger charge is -2.32. The molecule has 0 aliphatic rings. The van der Waals surface area contributed by atoms with E-state index in [1.54, 1.807) is 42.5 Å². The summed E-state index contributed by atoms with van der Waals surface area (Å²) in [6.45, 7) is 2.25. The zero-order valence-corrected chi connectivity index (χ0v) is 25.7. The first-order valence-electron chi connectivity index (χ1n) is 13.2. The molecule has 0 aliphatic heterocycles. The van der Waals surface area contributed by atoms with Gasteiger partial charge in [0.05, 0.1) is 19.1 Å². The standard InChI is InChI=1S/C30H35Cl2N3O5S/c1-4-33-30(37)27(20-22-12-6-5-7-13-22)34(21-23-24(31)14-10-15-25(23)32)29(36)18-11-19-35(41(3,38)39)26-16-8-9-17-28(26)40-2/h5-10,12-17,27H,4,11,18-21H2,1-3H3,(H,33,37). The van der Waals surface area contributed by atoms with Crippen LogP contribution < -0.4 is 14.4 Å². The van der Waals surface area contributed by atoms with Gasteiger partial charge in [-0.2, -0.15) is 0 Å². The number of benzene rings is 3. The molecule has 1 atom stereocenters. The highest BCUT2D eigenvalue weighted by atomic mass is 35.5. The maximum atomic E-state index is 13.9. The fraction of sp³-hybridized carbons (Fsp3) is 0.333. The molecule has 3 aromatic rings. The van der Waals surface area contributed by atoms with E-state index in [0.29, 0.717) is 33.6 Å². The maximum absolute atomic E-state index is 13.9. The number of halogens is 2. The number of likely N-dealkylation sites (N-methyl/N-ethyl adjacent to an activating group) is 1. The van der Waals surface area contributed by atoms with E-state index in [1.165, 1.54) is 16.3 Å². The number of methoxy groups -OCH3 is 1. The van der Waals surface area contributed by atoms with E-state index < -0.39 is 16.1 Å². The van der Waals surface area contributed by atoms with Crippen molar-refractivity contribution < 1.29 is 22.7 Å². The molecule has 0 aromatic heterocycles. The Kier molecular flexibility index (Phi) is 11.9. The number of ether oxygens (including phenoxy) is 1. The van der Waals surface area contributed by atoms with Crippen LogP contribution in [0.2, 0.25) is 10.0 Å². The second-order valence-corrected chi connectivity index (χ2v) is 12.2. The van der Waals surface area contributed by atoms with E-state index in [9.17, 15) is 18.0 Å². The molecule has 0 spiro atoms. The van der Waals surface area contributed by atoms with Crippen LogP contribution in [0.4, 0.5) is 5.69 Å². The Balaban J connectivity index is 1.92. The van der Waals surface area contributed by atoms with Crippen molar-refractivity contribution >= 4 is 50.7 Å². The van der Waals surface area contributed by atoms with Gasteiger partial charge in [0, 0.05) is 48.1 Å². The first-order valence-corrected chi connectivity index (χ1v) is 15.8. The minimum Gasteiger partial charge on any atom is -0.495 e. The van der Waals surface area contributed by atoms with Crippen LogP contribution in [0.3, 0.4) is 0 Å². The molecule has 0 bridgehead atoms. The van der Waals surface area contributed by atoms with Gasteiger partial charge in [0.15, 0.2) is 0 Å². The number of hydrogen-bond donors (Lipinski definition) is 1. The lowest BCUT2D eigenvalue weighted by molar-refractivity contribution is -0.141. The summed E-state index contributed by atoms with van der Waals surface area (Å²) < 4.78 is 32.0. The lowest BCUT2D eigenvalue weighted by atomic mass is 10.0. The van der Waals surface area contributed by atoms with Crippen molar-refractivity contribution in [3.63, 3.8) is 0 Å². The van der Waals surface area contributed by atoms with Crippen LogP contribution in [0.15, 0.2) is 72.8 Å². The Labute approximate surface area is 252 Å². The number of carbonyl (C=O) groups excluding carboxylic acids is 2. The van der Waals surface area contributed by atoms with Gasteiger partial charge in [0.2, 0.25) is 21.8 Å². The summed E-state index contributed by atoms with van der Waals surface area (Å²) in [5.74, 6) is -0.236. The zero-order chi connectivity index (χ0) is 30.0. The van der Waals surface area contributed by atoms with Crippen LogP contribution in [-0.2, 0) is 32.6 Å². The maximum Gasteiger partial charge on any atom is 0.243 e. The number of anilines is 1. The van der Waals surface area contributed by atoms with Gasteiger partial charge in [-0.25, -0.2) is 8.42 Å². The molecule has 220 valence electrons. The average molecular weight is 621 g/mol. The highest BCUT2D eigenvalue weighted by Crippen LogP contribution is 2.30. The topological polar surface area (TPSA) is 96.0 Å². The number of nitrogens with one attached hydrogen (secondary N) is 1. The van der Waals surface area contributed by atoms with E-state index in [1.807, 2.05) is 37.3 Å². The highest BCUT2D eigenvalue weighted by Gasteiger charge is 2.31. The molecule has 0 saturated carbocycles. The van der Waals surface area contributed by atoms with Gasteiger partial charge >= 0.3 is 0 Å². The van der Waals surface area contributed by atoms with Gasteiger partial charge in [-0.15, -0.1) is 0 Å². The number of para-hydroxylation sites is 2. The van der Waals surface area contributed by atoms with Crippen LogP contribution >= 0.6 is 23.2 Å². The normalized spacial score (nSPS) is 11.9. The summed E-state index contributed by atoms with van der Waals surface area (Å²) in [7, 11) is -2.21. The summed E-state index contributed by atoms with van der Waals surface area (Å²) in [5.41, 5.74) is 1.79. The van der Waals surface area contributed by atoms with Crippen molar-refractivity contribution in [3.8, 4) is 5.75 Å². The van der Waals surface area contributed by atoms with Crippen LogP contribution in [0, 0.1) is 0 Å². The molecule has 0 radical (unpaired) electrons. The Morgan fingerprint density at radius 2 is 1.59 bits per heavy atom. The Hall–Kier alpha value is -3.27. The van der Waals surface area contributed by atoms with Crippen LogP contribution in [-0.4, -0.2) is 57.6 Å². The Morgan fingerprint density at radius 3 is 2.20 bits per heavy atom. The van der Waals surface area contributed by atoms with Gasteiger partial charge in [-0.05, 0) is 43.2 Å². The minimum absolute atomic E-state index is 0.00821. The monoisotopic (exact) mass is 619 g/mol. The van der Waals surface area contributed by atoms with Crippen molar-refractivity contribution in [2.45, 2.75) is 38.8 Å². The molecule has 3 aromatic carbocycles. The van der Waals surface area contributed by atoms with Crippen LogP contribution in [0.1, 0.15) is 30.9 Å². The number of hydrogen-bond acceptors (Lipinski definition) is 5. The van der Waals surface area contributed by atoms with E-state index in [2.05, 4.69) is 5.32 Å². The Morgan fingerprint density at radius 1 is 0.951 bits per heavy atom. The molecule has 0 fully saturated rings. The van der Waals surface area contributed by atoms with Gasteiger partial charge < -0.3 is 15.0 Å². The molecule has 3 rings (SSSR count). The molecule has 1 N–H and O–H groups in total. The summed E-state index contributed by atoms with van der Waals surface area (Å²) >= 11 is 12.9. The molecule has 0 saturated heterocycles. The predicted octanol–water partition coefficient (Wildman–Crippen LogP) is 5.32. The first-order chi connectivity index (χ1) is 19.6. The number of rotatable bonds is 14. The molecule has 11 heteroatoms. The van der Waals surface area contributed by atoms with E-state index in [-0.39, 0.29) is 44.2 Å². The summed E-state index contributed by atoms with van der Waals surface area (Å²) in [5, 5.41) is 3.60. The number of carbonyl (C=O) groups is 2. The van der Waals surface area contributed by atoms with Crippen LogP contribution in [0.25, 0.3) is 0 Å². The first kappa shape index (κ1) is 32.2. The van der Waals surface area contributed by atoms with Gasteiger partial charge in [0.1, 0.15) is 11.8 Å². The van der Waals surface area contributed by atoms with Crippen molar-refractivity contribution in [1.82, 2.24) is 10.2 Å². The summed E-state index contributed by atoms with van der Waals surface area (Å²) in [6, 6.07) is 20.4. The highest BCUT2D eigenvalue weighted by molar-refractivity contribution is 7.92. The fourth-order valence-corrected chi connectivity index (χ4v) is 6.00. The SMILES string of the molecule is CCNC(=O)C(Cc1ccccc1)N(Cc1c(Cl)cccc1Cl)C(=O)CCCN(c1ccccc1OC)S(C)(=O)=O. The number of amides is 2. The fourth-order valence-electron chi connectivity index (χ4n) is 4.52. The molecular formula is C30H35Cl2N3O5S. The van der Waals surface area contributed by atoms with Crippen LogP contribution in [0.5, 0.6) is 5.75 Å². The second kappa shape index (κ2) is 15.1. The lowest BCUT2D eigenvalue weighted by Crippen LogP contribution is -2.50. The number of nitrogens with zero attached hydrogens (tertiary/aromatic N) is 2. The van der Waals surface area contributed by atoms with Gasteiger partial charge in [-0.3, -0.25) is 13.9 Å². The molecule has 0 aliphatic carbocycles. The van der Waals surface area contributed by atoms with E-state index in [0.717, 1.165) is 11.8 Å². The summed E-state index contributed by atoms with van der Waals surface area (Å²) in [6.07, 6.45) is 1.56. The van der Waals surface area contributed by atoms with E-state index >= 15 is 0 Å². The third kappa shape index (κ3) is 8.86. The predicted molar refractivity (Wildman–Crippen MR) is 164 cm³/mol. The van der Waals surface area contributed by atoms with Crippen molar-refractivity contribution in [2.75, 3.05) is 30.8 Å². The molecular weight excluding hydrogens is 585 g/mol. The minimum atomic E-state index is -3.68. The quantitative estimate of drug-likeness (QED) is 0.263. The molecule has 41 heavy (non-hydrogen) atoms. The Bertz CT molecular complexity index is 1420. The van der Waals surface area contributed by atoms with Crippen molar-refractivity contribution in [2.24, 2.45) is 0 Å². The molecule has 8 nitrogen and oxygen atoms in total. The smallest absolute Gasteiger partial charge is 0.243 e. The van der Waals surface area contributed by atoms with Gasteiger partial charge in [0.25, 0.3) is 0 Å². The van der Waals surface area contributed by atoms with Gasteiger partial charge in [-0.1, -0.05) is 71.7 Å². The largest absolute Gasteiger partial charge is 0.495 e. The number of sulfonamides is 1. The zero-order valence-electron chi connectivity index (χ0n) is 23.3. The van der Waals surface area contributed by atoms with E-state index in [4.69, 9.17) is 27.9 Å². The van der Waals surface area contributed by atoms with Crippen molar-refractivity contribution in [1.29, 1.82) is 0 Å². The second-order valence-electron chi connectivity index (χ2n) is 9.43. The third-order valence-electron chi connectivity index (χ3n) is 6.52. The average Bonchev–Trinajstić information content (AvgIpc) is 2.94. The molecule has 2 amide bonds. The third-order valence-corrected chi connectivity index (χ3v) is 8.41. The van der Waals surface area contributed by atoms with Crippen molar-refractivity contribution in [3.05, 3.63) is 94.0 Å². The molecule has 1 unspecified atom stereocenters. The summed E-state index contributed by atoms with van der Waals surface area (Å²) in [4.78, 5) is 28.7.